The Kier molecular flexibility index (Phi) is 3.33. The van der Waals surface area contributed by atoms with Crippen molar-refractivity contribution in [2.45, 2.75) is 25.7 Å². The van der Waals surface area contributed by atoms with Crippen LogP contribution >= 0.6 is 0 Å². The highest BCUT2D eigenvalue weighted by Crippen LogP contribution is 2.40. The topological polar surface area (TPSA) is 62.5 Å². The molecule has 0 aromatic carbocycles. The molecule has 0 N–H and O–H groups in total. The van der Waals surface area contributed by atoms with Crippen molar-refractivity contribution in [3.8, 4) is 0 Å². The van der Waals surface area contributed by atoms with Gasteiger partial charge < -0.3 is 9.80 Å². The van der Waals surface area contributed by atoms with Crippen LogP contribution in [0.15, 0.2) is 30.7 Å². The fourth-order valence-corrected chi connectivity index (χ4v) is 3.61. The van der Waals surface area contributed by atoms with Crippen molar-refractivity contribution < 1.29 is 0 Å². The number of aromatic nitrogens is 5. The fourth-order valence-electron chi connectivity index (χ4n) is 3.61. The van der Waals surface area contributed by atoms with Crippen LogP contribution in [-0.2, 0) is 0 Å². The lowest BCUT2D eigenvalue weighted by Gasteiger charge is -2.37. The first-order valence-corrected chi connectivity index (χ1v) is 8.92. The molecule has 7 heteroatoms. The van der Waals surface area contributed by atoms with Crippen LogP contribution < -0.4 is 9.80 Å². The maximum atomic E-state index is 4.67. The molecule has 5 rings (SSSR count). The first-order chi connectivity index (χ1) is 12.3. The van der Waals surface area contributed by atoms with Crippen molar-refractivity contribution in [1.82, 2.24) is 24.8 Å². The molecule has 0 radical (unpaired) electrons. The molecule has 4 heterocycles. The average molecular weight is 335 g/mol. The number of hydrogen-bond donors (Lipinski definition) is 0. The monoisotopic (exact) mass is 335 g/mol. The number of pyridine rings is 1. The maximum absolute atomic E-state index is 4.67. The predicted octanol–water partition coefficient (Wildman–Crippen LogP) is 2.03. The van der Waals surface area contributed by atoms with E-state index in [1.54, 1.807) is 6.33 Å². The van der Waals surface area contributed by atoms with Gasteiger partial charge in [0.1, 0.15) is 12.1 Å². The van der Waals surface area contributed by atoms with E-state index in [1.807, 2.05) is 16.8 Å². The molecule has 0 bridgehead atoms. The summed E-state index contributed by atoms with van der Waals surface area (Å²) in [6.07, 6.45) is 6.07. The molecule has 2 fully saturated rings. The Bertz CT molecular complexity index is 907. The highest BCUT2D eigenvalue weighted by molar-refractivity contribution is 5.69. The first kappa shape index (κ1) is 14.6. The van der Waals surface area contributed by atoms with E-state index in [-0.39, 0.29) is 0 Å². The molecular formula is C18H21N7. The molecule has 128 valence electrons. The summed E-state index contributed by atoms with van der Waals surface area (Å²) in [4.78, 5) is 9.34. The summed E-state index contributed by atoms with van der Waals surface area (Å²) in [6.45, 7) is 5.94. The largest absolute Gasteiger partial charge is 0.365 e. The van der Waals surface area contributed by atoms with Gasteiger partial charge in [-0.25, -0.2) is 4.98 Å². The van der Waals surface area contributed by atoms with E-state index in [1.165, 1.54) is 24.1 Å². The van der Waals surface area contributed by atoms with Crippen LogP contribution in [0.3, 0.4) is 0 Å². The van der Waals surface area contributed by atoms with Crippen molar-refractivity contribution in [2.24, 2.45) is 0 Å². The third-order valence-electron chi connectivity index (χ3n) is 5.16. The summed E-state index contributed by atoms with van der Waals surface area (Å²) < 4.78 is 1.83. The highest BCUT2D eigenvalue weighted by atomic mass is 15.4. The van der Waals surface area contributed by atoms with Crippen molar-refractivity contribution >= 4 is 17.2 Å². The number of nitrogens with zero attached hydrogens (tertiary/aromatic N) is 7. The Morgan fingerprint density at radius 2 is 1.88 bits per heavy atom. The second-order valence-electron chi connectivity index (χ2n) is 6.95. The van der Waals surface area contributed by atoms with E-state index < -0.39 is 0 Å². The molecule has 0 atom stereocenters. The van der Waals surface area contributed by atoms with Crippen molar-refractivity contribution in [2.75, 3.05) is 36.0 Å². The van der Waals surface area contributed by atoms with Gasteiger partial charge in [0.25, 0.3) is 0 Å². The lowest BCUT2D eigenvalue weighted by atomic mass is 10.2. The fraction of sp³-hybridized carbons (Fsp3) is 0.444. The Balaban J connectivity index is 1.41. The van der Waals surface area contributed by atoms with E-state index in [2.05, 4.69) is 49.1 Å². The van der Waals surface area contributed by atoms with Crippen LogP contribution in [0.5, 0.6) is 0 Å². The third-order valence-corrected chi connectivity index (χ3v) is 5.16. The Morgan fingerprint density at radius 3 is 2.64 bits per heavy atom. The summed E-state index contributed by atoms with van der Waals surface area (Å²) in [6, 6.07) is 6.34. The molecule has 1 saturated heterocycles. The van der Waals surface area contributed by atoms with Crippen LogP contribution in [0, 0.1) is 6.92 Å². The highest BCUT2D eigenvalue weighted by Gasteiger charge is 2.28. The minimum atomic E-state index is 0.614. The van der Waals surface area contributed by atoms with E-state index in [4.69, 9.17) is 0 Å². The smallest absolute Gasteiger partial charge is 0.200 e. The molecule has 3 aromatic rings. The van der Waals surface area contributed by atoms with Gasteiger partial charge in [0.2, 0.25) is 5.65 Å². The molecule has 0 unspecified atom stereocenters. The average Bonchev–Trinajstić information content (AvgIpc) is 3.39. The minimum absolute atomic E-state index is 0.614. The number of rotatable bonds is 3. The number of hydrogen-bond acceptors (Lipinski definition) is 6. The van der Waals surface area contributed by atoms with Gasteiger partial charge in [0.15, 0.2) is 0 Å². The predicted molar refractivity (Wildman–Crippen MR) is 96.2 cm³/mol. The molecule has 7 nitrogen and oxygen atoms in total. The summed E-state index contributed by atoms with van der Waals surface area (Å²) >= 11 is 0. The zero-order valence-electron chi connectivity index (χ0n) is 14.3. The van der Waals surface area contributed by atoms with Crippen LogP contribution in [0.1, 0.15) is 30.0 Å². The standard InChI is InChI=1S/C18H21N7/c1-13-3-2-6-19-17(13)24-9-7-23(8-10-24)16-11-15(14-4-5-14)22-25-12-20-21-18(16)25/h2-3,6,11-12,14H,4-5,7-10H2,1H3. The van der Waals surface area contributed by atoms with Crippen LogP contribution in [0.25, 0.3) is 5.65 Å². The molecule has 0 amide bonds. The first-order valence-electron chi connectivity index (χ1n) is 8.92. The Labute approximate surface area is 146 Å². The molecule has 1 aliphatic carbocycles. The van der Waals surface area contributed by atoms with Gasteiger partial charge in [-0.2, -0.15) is 9.61 Å². The summed E-state index contributed by atoms with van der Waals surface area (Å²) in [5.41, 5.74) is 4.42. The van der Waals surface area contributed by atoms with Crippen LogP contribution in [0.2, 0.25) is 0 Å². The van der Waals surface area contributed by atoms with Gasteiger partial charge in [-0.15, -0.1) is 10.2 Å². The quantitative estimate of drug-likeness (QED) is 0.730. The number of anilines is 2. The Morgan fingerprint density at radius 1 is 1.08 bits per heavy atom. The van der Waals surface area contributed by atoms with E-state index in [9.17, 15) is 0 Å². The second-order valence-corrected chi connectivity index (χ2v) is 6.95. The van der Waals surface area contributed by atoms with Gasteiger partial charge >= 0.3 is 0 Å². The van der Waals surface area contributed by atoms with E-state index in [0.29, 0.717) is 5.92 Å². The van der Waals surface area contributed by atoms with Crippen LogP contribution in [0.4, 0.5) is 11.5 Å². The van der Waals surface area contributed by atoms with Gasteiger partial charge in [-0.3, -0.25) is 0 Å². The SMILES string of the molecule is Cc1cccnc1N1CCN(c2cc(C3CC3)nn3cnnc23)CC1. The lowest BCUT2D eigenvalue weighted by Crippen LogP contribution is -2.47. The molecule has 1 aliphatic heterocycles. The molecule has 2 aliphatic rings. The molecular weight excluding hydrogens is 314 g/mol. The van der Waals surface area contributed by atoms with Gasteiger partial charge in [-0.05, 0) is 37.5 Å². The number of fused-ring (bicyclic) bond motifs is 1. The Hall–Kier alpha value is -2.70. The number of piperazine rings is 1. The zero-order valence-corrected chi connectivity index (χ0v) is 14.3. The molecule has 1 saturated carbocycles. The maximum Gasteiger partial charge on any atom is 0.200 e. The van der Waals surface area contributed by atoms with Gasteiger partial charge in [0.05, 0.1) is 11.4 Å². The van der Waals surface area contributed by atoms with Gasteiger partial charge in [0, 0.05) is 38.3 Å². The molecule has 0 spiro atoms. The lowest BCUT2D eigenvalue weighted by molar-refractivity contribution is 0.644. The summed E-state index contributed by atoms with van der Waals surface area (Å²) in [7, 11) is 0. The van der Waals surface area contributed by atoms with E-state index >= 15 is 0 Å². The second kappa shape index (κ2) is 5.68. The molecule has 3 aromatic heterocycles. The van der Waals surface area contributed by atoms with Crippen molar-refractivity contribution in [1.29, 1.82) is 0 Å². The summed E-state index contributed by atoms with van der Waals surface area (Å²) in [5.74, 6) is 1.71. The summed E-state index contributed by atoms with van der Waals surface area (Å²) in [5, 5.41) is 13.0. The number of aryl methyl sites for hydroxylation is 1. The van der Waals surface area contributed by atoms with Gasteiger partial charge in [-0.1, -0.05) is 6.07 Å². The third kappa shape index (κ3) is 2.59. The zero-order chi connectivity index (χ0) is 16.8. The van der Waals surface area contributed by atoms with Crippen molar-refractivity contribution in [3.63, 3.8) is 0 Å². The van der Waals surface area contributed by atoms with Crippen LogP contribution in [-0.4, -0.2) is 51.0 Å². The normalized spacial score (nSPS) is 18.1. The van der Waals surface area contributed by atoms with Crippen molar-refractivity contribution in [3.05, 3.63) is 42.0 Å². The minimum Gasteiger partial charge on any atom is -0.365 e. The molecule has 25 heavy (non-hydrogen) atoms. The van der Waals surface area contributed by atoms with E-state index in [0.717, 1.165) is 43.3 Å².